The van der Waals surface area contributed by atoms with Crippen LogP contribution in [0, 0.1) is 0 Å². The third-order valence-corrected chi connectivity index (χ3v) is 3.82. The van der Waals surface area contributed by atoms with Crippen molar-refractivity contribution < 1.29 is 14.7 Å². The zero-order valence-corrected chi connectivity index (χ0v) is 11.5. The van der Waals surface area contributed by atoms with Crippen LogP contribution in [0.5, 0.6) is 0 Å². The standard InChI is InChI=1S/C13H15N3O3S/c14-8(13(18)19)4-3-7-15-11(17)12-16-9-5-1-2-6-10(9)20-12/h1-2,5-6,8H,3-4,7,14H2,(H,15,17)(H,18,19)/t8-/m0/s1. The normalized spacial score (nSPS) is 12.2. The topological polar surface area (TPSA) is 105 Å². The molecule has 20 heavy (non-hydrogen) atoms. The van der Waals surface area contributed by atoms with Gasteiger partial charge in [0.05, 0.1) is 10.2 Å². The summed E-state index contributed by atoms with van der Waals surface area (Å²) < 4.78 is 0.963. The van der Waals surface area contributed by atoms with Crippen LogP contribution in [0.15, 0.2) is 24.3 Å². The number of carbonyl (C=O) groups is 2. The SMILES string of the molecule is N[C@@H](CCCNC(=O)c1nc2ccccc2s1)C(=O)O. The van der Waals surface area contributed by atoms with E-state index in [1.165, 1.54) is 11.3 Å². The van der Waals surface area contributed by atoms with E-state index in [9.17, 15) is 9.59 Å². The summed E-state index contributed by atoms with van der Waals surface area (Å²) in [6, 6.07) is 6.66. The fourth-order valence-electron chi connectivity index (χ4n) is 1.69. The number of rotatable bonds is 6. The van der Waals surface area contributed by atoms with Crippen LogP contribution in [0.2, 0.25) is 0 Å². The van der Waals surface area contributed by atoms with E-state index < -0.39 is 12.0 Å². The number of thiazole rings is 1. The fourth-order valence-corrected chi connectivity index (χ4v) is 2.57. The summed E-state index contributed by atoms with van der Waals surface area (Å²) in [5.74, 6) is -1.27. The van der Waals surface area contributed by atoms with E-state index in [0.717, 1.165) is 10.2 Å². The van der Waals surface area contributed by atoms with Crippen LogP contribution in [0.3, 0.4) is 0 Å². The van der Waals surface area contributed by atoms with Crippen molar-refractivity contribution in [3.05, 3.63) is 29.3 Å². The Kier molecular flexibility index (Phi) is 4.65. The molecule has 0 aliphatic carbocycles. The van der Waals surface area contributed by atoms with Crippen LogP contribution in [0.25, 0.3) is 10.2 Å². The minimum Gasteiger partial charge on any atom is -0.480 e. The summed E-state index contributed by atoms with van der Waals surface area (Å²) >= 11 is 1.33. The summed E-state index contributed by atoms with van der Waals surface area (Å²) in [6.45, 7) is 0.385. The van der Waals surface area contributed by atoms with Crippen molar-refractivity contribution in [1.29, 1.82) is 0 Å². The van der Waals surface area contributed by atoms with Crippen LogP contribution < -0.4 is 11.1 Å². The molecule has 1 aromatic heterocycles. The molecule has 6 nitrogen and oxygen atoms in total. The lowest BCUT2D eigenvalue weighted by atomic mass is 10.2. The molecule has 0 aliphatic rings. The zero-order valence-electron chi connectivity index (χ0n) is 10.7. The van der Waals surface area contributed by atoms with E-state index in [1.807, 2.05) is 24.3 Å². The predicted octanol–water partition coefficient (Wildman–Crippen LogP) is 1.22. The number of nitrogens with zero attached hydrogens (tertiary/aromatic N) is 1. The Hall–Kier alpha value is -1.99. The maximum Gasteiger partial charge on any atom is 0.320 e. The van der Waals surface area contributed by atoms with Crippen molar-refractivity contribution in [2.75, 3.05) is 6.54 Å². The minimum atomic E-state index is -1.03. The number of fused-ring (bicyclic) bond motifs is 1. The van der Waals surface area contributed by atoms with Gasteiger partial charge in [-0.3, -0.25) is 9.59 Å². The monoisotopic (exact) mass is 293 g/mol. The van der Waals surface area contributed by atoms with Crippen LogP contribution in [0.1, 0.15) is 22.6 Å². The largest absolute Gasteiger partial charge is 0.480 e. The molecule has 0 saturated carbocycles. The lowest BCUT2D eigenvalue weighted by molar-refractivity contribution is -0.138. The van der Waals surface area contributed by atoms with Gasteiger partial charge in [-0.2, -0.15) is 0 Å². The summed E-state index contributed by atoms with van der Waals surface area (Å²) in [5, 5.41) is 11.8. The van der Waals surface area contributed by atoms with Gasteiger partial charge in [-0.15, -0.1) is 11.3 Å². The average molecular weight is 293 g/mol. The smallest absolute Gasteiger partial charge is 0.320 e. The predicted molar refractivity (Wildman–Crippen MR) is 76.8 cm³/mol. The van der Waals surface area contributed by atoms with E-state index in [2.05, 4.69) is 10.3 Å². The number of benzene rings is 1. The van der Waals surface area contributed by atoms with Gasteiger partial charge in [0.2, 0.25) is 0 Å². The Balaban J connectivity index is 1.84. The van der Waals surface area contributed by atoms with Gasteiger partial charge in [-0.05, 0) is 25.0 Å². The maximum atomic E-state index is 11.9. The quantitative estimate of drug-likeness (QED) is 0.694. The highest BCUT2D eigenvalue weighted by Crippen LogP contribution is 2.21. The molecule has 0 bridgehead atoms. The first-order valence-corrected chi connectivity index (χ1v) is 7.01. The first-order valence-electron chi connectivity index (χ1n) is 6.20. The van der Waals surface area contributed by atoms with E-state index in [0.29, 0.717) is 24.4 Å². The second-order valence-electron chi connectivity index (χ2n) is 4.33. The summed E-state index contributed by atoms with van der Waals surface area (Å²) in [4.78, 5) is 26.7. The molecule has 1 amide bonds. The lowest BCUT2D eigenvalue weighted by Gasteiger charge is -2.06. The van der Waals surface area contributed by atoms with Crippen molar-refractivity contribution in [2.24, 2.45) is 5.73 Å². The number of carboxylic acid groups (broad SMARTS) is 1. The first kappa shape index (κ1) is 14.4. The van der Waals surface area contributed by atoms with Gasteiger partial charge in [-0.1, -0.05) is 12.1 Å². The molecule has 0 spiro atoms. The number of carboxylic acids is 1. The zero-order chi connectivity index (χ0) is 14.5. The van der Waals surface area contributed by atoms with Crippen molar-refractivity contribution in [3.63, 3.8) is 0 Å². The van der Waals surface area contributed by atoms with Gasteiger partial charge in [0, 0.05) is 6.54 Å². The Morgan fingerprint density at radius 1 is 1.40 bits per heavy atom. The van der Waals surface area contributed by atoms with Crippen LogP contribution in [-0.4, -0.2) is 34.6 Å². The number of hydrogen-bond acceptors (Lipinski definition) is 5. The highest BCUT2D eigenvalue weighted by molar-refractivity contribution is 7.20. The number of carbonyl (C=O) groups excluding carboxylic acids is 1. The van der Waals surface area contributed by atoms with Gasteiger partial charge in [0.15, 0.2) is 5.01 Å². The summed E-state index contributed by atoms with van der Waals surface area (Å²) in [5.41, 5.74) is 6.17. The third-order valence-electron chi connectivity index (χ3n) is 2.78. The lowest BCUT2D eigenvalue weighted by Crippen LogP contribution is -2.32. The van der Waals surface area contributed by atoms with Crippen LogP contribution in [-0.2, 0) is 4.79 Å². The van der Waals surface area contributed by atoms with Gasteiger partial charge in [0.25, 0.3) is 5.91 Å². The Morgan fingerprint density at radius 2 is 2.15 bits per heavy atom. The number of nitrogens with one attached hydrogen (secondary N) is 1. The third kappa shape index (κ3) is 3.52. The number of hydrogen-bond donors (Lipinski definition) is 3. The molecular formula is C13H15N3O3S. The molecule has 1 aromatic carbocycles. The molecule has 4 N–H and O–H groups in total. The molecule has 7 heteroatoms. The fraction of sp³-hybridized carbons (Fsp3) is 0.308. The van der Waals surface area contributed by atoms with Crippen LogP contribution in [0.4, 0.5) is 0 Å². The van der Waals surface area contributed by atoms with Gasteiger partial charge in [-0.25, -0.2) is 4.98 Å². The van der Waals surface area contributed by atoms with Gasteiger partial charge in [0.1, 0.15) is 6.04 Å². The average Bonchev–Trinajstić information content (AvgIpc) is 2.86. The maximum absolute atomic E-state index is 11.9. The number of amides is 1. The number of nitrogens with two attached hydrogens (primary N) is 1. The molecule has 0 aliphatic heterocycles. The van der Waals surface area contributed by atoms with E-state index in [-0.39, 0.29) is 5.91 Å². The molecule has 2 rings (SSSR count). The number of para-hydroxylation sites is 1. The molecule has 106 valence electrons. The number of aliphatic carboxylic acids is 1. The van der Waals surface area contributed by atoms with Crippen LogP contribution >= 0.6 is 11.3 Å². The molecule has 0 unspecified atom stereocenters. The second-order valence-corrected chi connectivity index (χ2v) is 5.36. The van der Waals surface area contributed by atoms with E-state index in [1.54, 1.807) is 0 Å². The van der Waals surface area contributed by atoms with E-state index >= 15 is 0 Å². The first-order chi connectivity index (χ1) is 9.58. The van der Waals surface area contributed by atoms with Crippen molar-refractivity contribution in [1.82, 2.24) is 10.3 Å². The Labute approximate surface area is 119 Å². The Bertz CT molecular complexity index is 593. The molecule has 2 aromatic rings. The highest BCUT2D eigenvalue weighted by Gasteiger charge is 2.13. The molecule has 0 saturated heterocycles. The summed E-state index contributed by atoms with van der Waals surface area (Å²) in [6.07, 6.45) is 0.847. The Morgan fingerprint density at radius 3 is 2.85 bits per heavy atom. The van der Waals surface area contributed by atoms with Gasteiger partial charge >= 0.3 is 5.97 Å². The molecular weight excluding hydrogens is 278 g/mol. The highest BCUT2D eigenvalue weighted by atomic mass is 32.1. The van der Waals surface area contributed by atoms with Gasteiger partial charge < -0.3 is 16.2 Å². The second kappa shape index (κ2) is 6.44. The summed E-state index contributed by atoms with van der Waals surface area (Å²) in [7, 11) is 0. The van der Waals surface area contributed by atoms with Crippen molar-refractivity contribution in [3.8, 4) is 0 Å². The van der Waals surface area contributed by atoms with E-state index in [4.69, 9.17) is 10.8 Å². The molecule has 1 heterocycles. The minimum absolute atomic E-state index is 0.241. The molecule has 0 radical (unpaired) electrons. The molecule has 0 fully saturated rings. The molecule has 1 atom stereocenters. The van der Waals surface area contributed by atoms with Crippen molar-refractivity contribution in [2.45, 2.75) is 18.9 Å². The van der Waals surface area contributed by atoms with Crippen molar-refractivity contribution >= 4 is 33.4 Å². The number of aromatic nitrogens is 1.